The SMILES string of the molecule is CS(=O)(=O)N[C@@H]1[C@@H](O)CO[C@@H]1Cn1cc(C2CC2)nn1. The van der Waals surface area contributed by atoms with Crippen molar-refractivity contribution in [2.45, 2.75) is 43.6 Å². The Bertz CT molecular complexity index is 583. The van der Waals surface area contributed by atoms with Crippen LogP contribution < -0.4 is 4.72 Å². The molecule has 0 amide bonds. The Hall–Kier alpha value is -1.03. The van der Waals surface area contributed by atoms with E-state index in [1.807, 2.05) is 6.20 Å². The average molecular weight is 302 g/mol. The second kappa shape index (κ2) is 5.06. The molecule has 1 saturated carbocycles. The molecule has 1 aliphatic heterocycles. The predicted octanol–water partition coefficient (Wildman–Crippen LogP) is -1.17. The number of nitrogens with one attached hydrogen (secondary N) is 1. The van der Waals surface area contributed by atoms with E-state index in [0.29, 0.717) is 12.5 Å². The van der Waals surface area contributed by atoms with Crippen molar-refractivity contribution >= 4 is 10.0 Å². The quantitative estimate of drug-likeness (QED) is 0.710. The second-order valence-electron chi connectivity index (χ2n) is 5.49. The van der Waals surface area contributed by atoms with Crippen LogP contribution in [0.1, 0.15) is 24.5 Å². The lowest BCUT2D eigenvalue weighted by molar-refractivity contribution is 0.0753. The fourth-order valence-electron chi connectivity index (χ4n) is 2.40. The maximum atomic E-state index is 11.3. The van der Waals surface area contributed by atoms with Gasteiger partial charge in [-0.1, -0.05) is 5.21 Å². The van der Waals surface area contributed by atoms with Gasteiger partial charge in [0.2, 0.25) is 10.0 Å². The molecule has 9 heteroatoms. The van der Waals surface area contributed by atoms with Crippen LogP contribution in [-0.4, -0.2) is 59.6 Å². The van der Waals surface area contributed by atoms with Crippen LogP contribution in [0.4, 0.5) is 0 Å². The number of aliphatic hydroxyl groups is 1. The van der Waals surface area contributed by atoms with Crippen LogP contribution in [0.5, 0.6) is 0 Å². The Morgan fingerprint density at radius 2 is 2.30 bits per heavy atom. The number of aromatic nitrogens is 3. The molecular formula is C11H18N4O4S. The van der Waals surface area contributed by atoms with Gasteiger partial charge in [0.1, 0.15) is 0 Å². The van der Waals surface area contributed by atoms with Gasteiger partial charge in [-0.25, -0.2) is 17.8 Å². The van der Waals surface area contributed by atoms with Crippen LogP contribution in [-0.2, 0) is 21.3 Å². The zero-order valence-corrected chi connectivity index (χ0v) is 12.0. The average Bonchev–Trinajstić information content (AvgIpc) is 3.03. The molecule has 0 radical (unpaired) electrons. The third-order valence-corrected chi connectivity index (χ3v) is 4.27. The maximum absolute atomic E-state index is 11.3. The summed E-state index contributed by atoms with van der Waals surface area (Å²) in [6.45, 7) is 0.478. The van der Waals surface area contributed by atoms with Gasteiger partial charge in [-0.3, -0.25) is 0 Å². The van der Waals surface area contributed by atoms with Gasteiger partial charge in [0.15, 0.2) is 0 Å². The molecule has 3 rings (SSSR count). The third-order valence-electron chi connectivity index (χ3n) is 3.57. The van der Waals surface area contributed by atoms with Gasteiger partial charge in [-0.15, -0.1) is 5.10 Å². The minimum atomic E-state index is -3.40. The first-order valence-corrected chi connectivity index (χ1v) is 8.48. The summed E-state index contributed by atoms with van der Waals surface area (Å²) in [5, 5.41) is 17.9. The van der Waals surface area contributed by atoms with Crippen LogP contribution in [0.15, 0.2) is 6.20 Å². The smallest absolute Gasteiger partial charge is 0.209 e. The molecular weight excluding hydrogens is 284 g/mol. The van der Waals surface area contributed by atoms with E-state index in [1.165, 1.54) is 0 Å². The van der Waals surface area contributed by atoms with E-state index in [-0.39, 0.29) is 6.61 Å². The van der Waals surface area contributed by atoms with E-state index in [0.717, 1.165) is 24.8 Å². The summed E-state index contributed by atoms with van der Waals surface area (Å²) in [7, 11) is -3.40. The van der Waals surface area contributed by atoms with Crippen molar-refractivity contribution in [1.29, 1.82) is 0 Å². The normalized spacial score (nSPS) is 30.8. The van der Waals surface area contributed by atoms with E-state index in [9.17, 15) is 13.5 Å². The van der Waals surface area contributed by atoms with Gasteiger partial charge in [-0.2, -0.15) is 0 Å². The first kappa shape index (κ1) is 13.9. The molecule has 20 heavy (non-hydrogen) atoms. The van der Waals surface area contributed by atoms with Crippen molar-refractivity contribution in [3.63, 3.8) is 0 Å². The summed E-state index contributed by atoms with van der Waals surface area (Å²) in [5.41, 5.74) is 0.969. The summed E-state index contributed by atoms with van der Waals surface area (Å²) < 4.78 is 32.1. The highest BCUT2D eigenvalue weighted by Gasteiger charge is 2.38. The molecule has 3 atom stereocenters. The van der Waals surface area contributed by atoms with Gasteiger partial charge < -0.3 is 9.84 Å². The van der Waals surface area contributed by atoms with Gasteiger partial charge in [0.05, 0.1) is 43.4 Å². The molecule has 0 aromatic carbocycles. The molecule has 1 aromatic heterocycles. The Kier molecular flexibility index (Phi) is 3.53. The largest absolute Gasteiger partial charge is 0.389 e. The lowest BCUT2D eigenvalue weighted by Gasteiger charge is -2.20. The van der Waals surface area contributed by atoms with E-state index >= 15 is 0 Å². The Morgan fingerprint density at radius 3 is 2.95 bits per heavy atom. The van der Waals surface area contributed by atoms with Crippen LogP contribution in [0.2, 0.25) is 0 Å². The molecule has 2 aliphatic rings. The second-order valence-corrected chi connectivity index (χ2v) is 7.27. The van der Waals surface area contributed by atoms with Gasteiger partial charge >= 0.3 is 0 Å². The van der Waals surface area contributed by atoms with Gasteiger partial charge in [0, 0.05) is 12.1 Å². The summed E-state index contributed by atoms with van der Waals surface area (Å²) in [6, 6.07) is -0.654. The van der Waals surface area contributed by atoms with Crippen LogP contribution >= 0.6 is 0 Å². The molecule has 112 valence electrons. The van der Waals surface area contributed by atoms with E-state index in [4.69, 9.17) is 4.74 Å². The van der Waals surface area contributed by atoms with Crippen LogP contribution in [0.25, 0.3) is 0 Å². The first-order chi connectivity index (χ1) is 9.42. The Labute approximate surface area is 117 Å². The third kappa shape index (κ3) is 3.17. The number of ether oxygens (including phenoxy) is 1. The van der Waals surface area contributed by atoms with Crippen LogP contribution in [0, 0.1) is 0 Å². The number of sulfonamides is 1. The summed E-state index contributed by atoms with van der Waals surface area (Å²) in [5.74, 6) is 0.517. The fourth-order valence-corrected chi connectivity index (χ4v) is 3.20. The number of nitrogens with zero attached hydrogens (tertiary/aromatic N) is 3. The molecule has 0 unspecified atom stereocenters. The number of hydrogen-bond donors (Lipinski definition) is 2. The number of hydrogen-bond acceptors (Lipinski definition) is 6. The zero-order chi connectivity index (χ0) is 14.3. The highest BCUT2D eigenvalue weighted by Crippen LogP contribution is 2.38. The van der Waals surface area contributed by atoms with Gasteiger partial charge in [-0.05, 0) is 12.8 Å². The first-order valence-electron chi connectivity index (χ1n) is 6.59. The molecule has 2 N–H and O–H groups in total. The number of rotatable bonds is 5. The summed E-state index contributed by atoms with van der Waals surface area (Å²) in [4.78, 5) is 0. The Balaban J connectivity index is 1.68. The minimum Gasteiger partial charge on any atom is -0.389 e. The van der Waals surface area contributed by atoms with Crippen molar-refractivity contribution in [3.05, 3.63) is 11.9 Å². The molecule has 1 aromatic rings. The fraction of sp³-hybridized carbons (Fsp3) is 0.818. The summed E-state index contributed by atoms with van der Waals surface area (Å²) in [6.07, 6.45) is 3.93. The van der Waals surface area contributed by atoms with Crippen molar-refractivity contribution in [1.82, 2.24) is 19.7 Å². The molecule has 2 heterocycles. The minimum absolute atomic E-state index is 0.113. The molecule has 0 bridgehead atoms. The van der Waals surface area contributed by atoms with E-state index < -0.39 is 28.3 Å². The molecule has 2 fully saturated rings. The molecule has 0 spiro atoms. The zero-order valence-electron chi connectivity index (χ0n) is 11.1. The molecule has 1 aliphatic carbocycles. The van der Waals surface area contributed by atoms with Crippen molar-refractivity contribution in [2.24, 2.45) is 0 Å². The number of aliphatic hydroxyl groups excluding tert-OH is 1. The van der Waals surface area contributed by atoms with Crippen LogP contribution in [0.3, 0.4) is 0 Å². The molecule has 1 saturated heterocycles. The van der Waals surface area contributed by atoms with Crippen molar-refractivity contribution in [3.8, 4) is 0 Å². The highest BCUT2D eigenvalue weighted by atomic mass is 32.2. The Morgan fingerprint density at radius 1 is 1.55 bits per heavy atom. The standard InChI is InChI=1S/C11H18N4O4S/c1-20(17,18)13-11-9(16)6-19-10(11)5-15-4-8(12-14-15)7-2-3-7/h4,7,9-11,13,16H,2-3,5-6H2,1H3/t9-,10+,11+/m0/s1. The van der Waals surface area contributed by atoms with E-state index in [2.05, 4.69) is 15.0 Å². The maximum Gasteiger partial charge on any atom is 0.209 e. The van der Waals surface area contributed by atoms with Gasteiger partial charge in [0.25, 0.3) is 0 Å². The molecule has 8 nitrogen and oxygen atoms in total. The van der Waals surface area contributed by atoms with Crippen molar-refractivity contribution in [2.75, 3.05) is 12.9 Å². The predicted molar refractivity (Wildman–Crippen MR) is 69.5 cm³/mol. The van der Waals surface area contributed by atoms with Crippen molar-refractivity contribution < 1.29 is 18.3 Å². The summed E-state index contributed by atoms with van der Waals surface area (Å²) >= 11 is 0. The van der Waals surface area contributed by atoms with E-state index in [1.54, 1.807) is 4.68 Å². The lowest BCUT2D eigenvalue weighted by Crippen LogP contribution is -2.47. The monoisotopic (exact) mass is 302 g/mol. The topological polar surface area (TPSA) is 106 Å². The highest BCUT2D eigenvalue weighted by molar-refractivity contribution is 7.88. The lowest BCUT2D eigenvalue weighted by atomic mass is 10.1.